The van der Waals surface area contributed by atoms with Crippen molar-refractivity contribution in [2.45, 2.75) is 32.6 Å². The van der Waals surface area contributed by atoms with Gasteiger partial charge in [-0.15, -0.1) is 0 Å². The fraction of sp³-hybridized carbons (Fsp3) is 0.800. The summed E-state index contributed by atoms with van der Waals surface area (Å²) in [4.78, 5) is 21.3. The van der Waals surface area contributed by atoms with E-state index in [0.29, 0.717) is 0 Å². The van der Waals surface area contributed by atoms with Crippen LogP contribution in [0.15, 0.2) is 0 Å². The van der Waals surface area contributed by atoms with Crippen molar-refractivity contribution in [2.24, 2.45) is 11.1 Å². The van der Waals surface area contributed by atoms with E-state index < -0.39 is 29.4 Å². The quantitative estimate of drug-likeness (QED) is 0.243. The van der Waals surface area contributed by atoms with Gasteiger partial charge in [0.05, 0.1) is 6.61 Å². The van der Waals surface area contributed by atoms with Crippen molar-refractivity contribution in [1.82, 2.24) is 5.32 Å². The molecule has 0 aliphatic rings. The van der Waals surface area contributed by atoms with Gasteiger partial charge in [0.1, 0.15) is 12.3 Å². The molecule has 17 heavy (non-hydrogen) atoms. The van der Waals surface area contributed by atoms with Crippen LogP contribution in [0.3, 0.4) is 0 Å². The first kappa shape index (κ1) is 16.0. The summed E-state index contributed by atoms with van der Waals surface area (Å²) in [6, 6.07) is 0. The number of Topliss-reactive ketones (excluding diaryl/α,β-unsaturated/α-hetero) is 1. The molecule has 0 saturated carbocycles. The number of hydrogen-bond acceptors (Lipinski definition) is 6. The lowest BCUT2D eigenvalue weighted by Gasteiger charge is -2.32. The van der Waals surface area contributed by atoms with E-state index in [0.717, 1.165) is 0 Å². The van der Waals surface area contributed by atoms with Crippen molar-refractivity contribution in [1.29, 1.82) is 0 Å². The van der Waals surface area contributed by atoms with E-state index in [9.17, 15) is 19.8 Å². The summed E-state index contributed by atoms with van der Waals surface area (Å²) in [5.41, 5.74) is 3.87. The Kier molecular flexibility index (Phi) is 6.25. The highest BCUT2D eigenvalue weighted by Crippen LogP contribution is 2.21. The Morgan fingerprint density at radius 3 is 2.29 bits per heavy atom. The molecule has 0 rings (SSSR count). The lowest BCUT2D eigenvalue weighted by molar-refractivity contribution is -0.136. The summed E-state index contributed by atoms with van der Waals surface area (Å²) in [5, 5.41) is 30.7. The molecular formula is C10H20N2O5. The monoisotopic (exact) mass is 248 g/mol. The minimum Gasteiger partial charge on any atom is -0.396 e. The lowest BCUT2D eigenvalue weighted by atomic mass is 9.86. The van der Waals surface area contributed by atoms with Gasteiger partial charge in [0, 0.05) is 18.4 Å². The SMILES string of the molecule is CC(C)(CO)[C@@H](O)C(O)NCCC(=O)C(N)=O. The van der Waals surface area contributed by atoms with Gasteiger partial charge in [-0.05, 0) is 0 Å². The number of nitrogens with one attached hydrogen (secondary N) is 1. The van der Waals surface area contributed by atoms with E-state index in [4.69, 9.17) is 10.8 Å². The van der Waals surface area contributed by atoms with Crippen LogP contribution in [0.25, 0.3) is 0 Å². The van der Waals surface area contributed by atoms with E-state index in [1.807, 2.05) is 0 Å². The molecule has 0 aromatic heterocycles. The van der Waals surface area contributed by atoms with Gasteiger partial charge in [-0.3, -0.25) is 14.9 Å². The van der Waals surface area contributed by atoms with E-state index in [2.05, 4.69) is 5.32 Å². The van der Waals surface area contributed by atoms with Crippen LogP contribution < -0.4 is 11.1 Å². The number of carbonyl (C=O) groups excluding carboxylic acids is 2. The summed E-state index contributed by atoms with van der Waals surface area (Å²) >= 11 is 0. The second-order valence-corrected chi connectivity index (χ2v) is 4.53. The Hall–Kier alpha value is -1.02. The van der Waals surface area contributed by atoms with E-state index in [-0.39, 0.29) is 19.6 Å². The standard InChI is InChI=1S/C10H20N2O5/c1-10(2,5-13)7(15)9(17)12-4-3-6(14)8(11)16/h7,9,12-13,15,17H,3-5H2,1-2H3,(H2,11,16)/t7-,9?/m0/s1. The Balaban J connectivity index is 4.06. The summed E-state index contributed by atoms with van der Waals surface area (Å²) in [6.07, 6.45) is -2.65. The molecule has 0 aliphatic heterocycles. The van der Waals surface area contributed by atoms with Crippen molar-refractivity contribution in [2.75, 3.05) is 13.2 Å². The van der Waals surface area contributed by atoms with Crippen molar-refractivity contribution < 1.29 is 24.9 Å². The Morgan fingerprint density at radius 1 is 1.35 bits per heavy atom. The normalized spacial score (nSPS) is 15.4. The molecule has 0 heterocycles. The number of carbonyl (C=O) groups is 2. The maximum Gasteiger partial charge on any atom is 0.284 e. The zero-order valence-corrected chi connectivity index (χ0v) is 10.0. The maximum atomic E-state index is 10.8. The number of primary amides is 1. The molecule has 7 nitrogen and oxygen atoms in total. The number of ketones is 1. The second kappa shape index (κ2) is 6.65. The van der Waals surface area contributed by atoms with Crippen molar-refractivity contribution in [3.63, 3.8) is 0 Å². The molecule has 0 aromatic carbocycles. The molecule has 0 aromatic rings. The lowest BCUT2D eigenvalue weighted by Crippen LogP contribution is -2.49. The smallest absolute Gasteiger partial charge is 0.284 e. The molecule has 0 bridgehead atoms. The van der Waals surface area contributed by atoms with Gasteiger partial charge in [-0.25, -0.2) is 0 Å². The molecule has 0 aliphatic carbocycles. The van der Waals surface area contributed by atoms with Gasteiger partial charge in [0.25, 0.3) is 5.91 Å². The molecule has 0 saturated heterocycles. The maximum absolute atomic E-state index is 10.8. The molecule has 0 spiro atoms. The van der Waals surface area contributed by atoms with Gasteiger partial charge in [0.2, 0.25) is 5.78 Å². The number of aliphatic hydroxyl groups excluding tert-OH is 3. The zero-order valence-electron chi connectivity index (χ0n) is 10.0. The molecule has 7 heteroatoms. The van der Waals surface area contributed by atoms with Crippen LogP contribution in [-0.2, 0) is 9.59 Å². The Bertz CT molecular complexity index is 280. The van der Waals surface area contributed by atoms with Crippen LogP contribution >= 0.6 is 0 Å². The summed E-state index contributed by atoms with van der Waals surface area (Å²) < 4.78 is 0. The van der Waals surface area contributed by atoms with Crippen LogP contribution in [-0.4, -0.2) is 52.5 Å². The van der Waals surface area contributed by atoms with Gasteiger partial charge >= 0.3 is 0 Å². The van der Waals surface area contributed by atoms with Gasteiger partial charge in [-0.1, -0.05) is 13.8 Å². The minimum atomic E-state index is -1.29. The predicted molar refractivity (Wildman–Crippen MR) is 59.7 cm³/mol. The van der Waals surface area contributed by atoms with Gasteiger partial charge in [-0.2, -0.15) is 0 Å². The van der Waals surface area contributed by atoms with E-state index in [1.54, 1.807) is 13.8 Å². The first-order valence-electron chi connectivity index (χ1n) is 5.25. The van der Waals surface area contributed by atoms with Crippen LogP contribution in [0.5, 0.6) is 0 Å². The van der Waals surface area contributed by atoms with Crippen LogP contribution in [0.4, 0.5) is 0 Å². The Morgan fingerprint density at radius 2 is 1.88 bits per heavy atom. The number of hydrogen-bond donors (Lipinski definition) is 5. The highest BCUT2D eigenvalue weighted by atomic mass is 16.3. The first-order valence-corrected chi connectivity index (χ1v) is 5.25. The van der Waals surface area contributed by atoms with Crippen molar-refractivity contribution in [3.8, 4) is 0 Å². The van der Waals surface area contributed by atoms with Crippen LogP contribution in [0, 0.1) is 5.41 Å². The van der Waals surface area contributed by atoms with Crippen LogP contribution in [0.2, 0.25) is 0 Å². The van der Waals surface area contributed by atoms with Crippen molar-refractivity contribution in [3.05, 3.63) is 0 Å². The molecule has 2 atom stereocenters. The molecule has 100 valence electrons. The number of aliphatic hydroxyl groups is 3. The average molecular weight is 248 g/mol. The number of rotatable bonds is 8. The van der Waals surface area contributed by atoms with Gasteiger partial charge < -0.3 is 21.1 Å². The minimum absolute atomic E-state index is 0.0154. The predicted octanol–water partition coefficient (Wildman–Crippen LogP) is -2.28. The highest BCUT2D eigenvalue weighted by molar-refractivity contribution is 6.35. The fourth-order valence-corrected chi connectivity index (χ4v) is 1.09. The highest BCUT2D eigenvalue weighted by Gasteiger charge is 2.32. The van der Waals surface area contributed by atoms with E-state index in [1.165, 1.54) is 0 Å². The van der Waals surface area contributed by atoms with Gasteiger partial charge in [0.15, 0.2) is 0 Å². The molecule has 1 amide bonds. The third-order valence-electron chi connectivity index (χ3n) is 2.49. The fourth-order valence-electron chi connectivity index (χ4n) is 1.09. The number of amides is 1. The van der Waals surface area contributed by atoms with Crippen molar-refractivity contribution >= 4 is 11.7 Å². The molecule has 6 N–H and O–H groups in total. The third-order valence-corrected chi connectivity index (χ3v) is 2.49. The summed E-state index contributed by atoms with van der Waals surface area (Å²) in [7, 11) is 0. The topological polar surface area (TPSA) is 133 Å². The molecular weight excluding hydrogens is 228 g/mol. The number of nitrogens with two attached hydrogens (primary N) is 1. The van der Waals surface area contributed by atoms with E-state index >= 15 is 0 Å². The first-order chi connectivity index (χ1) is 7.72. The third kappa shape index (κ3) is 5.22. The van der Waals surface area contributed by atoms with Crippen LogP contribution in [0.1, 0.15) is 20.3 Å². The average Bonchev–Trinajstić information content (AvgIpc) is 2.27. The Labute approximate surface area is 99.6 Å². The summed E-state index contributed by atoms with van der Waals surface area (Å²) in [6.45, 7) is 2.88. The molecule has 0 fully saturated rings. The second-order valence-electron chi connectivity index (χ2n) is 4.53. The summed E-state index contributed by atoms with van der Waals surface area (Å²) in [5.74, 6) is -1.78. The molecule has 1 unspecified atom stereocenters. The molecule has 0 radical (unpaired) electrons. The largest absolute Gasteiger partial charge is 0.396 e. The zero-order chi connectivity index (χ0) is 13.6.